The van der Waals surface area contributed by atoms with Crippen molar-refractivity contribution < 1.29 is 19.1 Å². The highest BCUT2D eigenvalue weighted by molar-refractivity contribution is 5.85. The maximum absolute atomic E-state index is 12.7. The highest BCUT2D eigenvalue weighted by atomic mass is 16.5. The Morgan fingerprint density at radius 3 is 2.50 bits per heavy atom. The third-order valence-corrected chi connectivity index (χ3v) is 5.22. The van der Waals surface area contributed by atoms with Gasteiger partial charge in [-0.15, -0.1) is 0 Å². The van der Waals surface area contributed by atoms with Crippen molar-refractivity contribution in [1.82, 2.24) is 15.5 Å². The van der Waals surface area contributed by atoms with E-state index in [0.717, 1.165) is 38.3 Å². The van der Waals surface area contributed by atoms with E-state index in [9.17, 15) is 9.59 Å². The molecule has 1 unspecified atom stereocenters. The van der Waals surface area contributed by atoms with E-state index in [4.69, 9.17) is 9.47 Å². The Balaban J connectivity index is 1.83. The average Bonchev–Trinajstić information content (AvgIpc) is 2.74. The molecule has 7 heteroatoms. The molecule has 2 N–H and O–H groups in total. The number of rotatable bonds is 9. The number of hydrogen-bond donors (Lipinski definition) is 2. The second-order valence-corrected chi connectivity index (χ2v) is 7.31. The van der Waals surface area contributed by atoms with Gasteiger partial charge in [0.1, 0.15) is 12.6 Å². The fourth-order valence-corrected chi connectivity index (χ4v) is 3.10. The largest absolute Gasteiger partial charge is 0.445 e. The normalized spacial score (nSPS) is 18.0. The van der Waals surface area contributed by atoms with Crippen LogP contribution in [0.2, 0.25) is 0 Å². The molecule has 1 saturated heterocycles. The lowest BCUT2D eigenvalue weighted by atomic mass is 9.98. The van der Waals surface area contributed by atoms with Crippen molar-refractivity contribution in [3.8, 4) is 0 Å². The molecule has 0 spiro atoms. The summed E-state index contributed by atoms with van der Waals surface area (Å²) in [5.41, 5.74) is 0.904. The number of nitrogens with zero attached hydrogens (tertiary/aromatic N) is 1. The van der Waals surface area contributed by atoms with Gasteiger partial charge < -0.3 is 20.1 Å². The molecule has 28 heavy (non-hydrogen) atoms. The van der Waals surface area contributed by atoms with Gasteiger partial charge in [-0.05, 0) is 18.4 Å². The van der Waals surface area contributed by atoms with Crippen LogP contribution >= 0.6 is 0 Å². The maximum Gasteiger partial charge on any atom is 0.408 e. The molecule has 2 rings (SSSR count). The minimum Gasteiger partial charge on any atom is -0.445 e. The zero-order chi connectivity index (χ0) is 20.4. The van der Waals surface area contributed by atoms with E-state index in [1.165, 1.54) is 0 Å². The van der Waals surface area contributed by atoms with Gasteiger partial charge in [0.2, 0.25) is 5.91 Å². The molecule has 0 radical (unpaired) electrons. The van der Waals surface area contributed by atoms with E-state index in [1.807, 2.05) is 44.2 Å². The molecule has 0 saturated carbocycles. The van der Waals surface area contributed by atoms with Crippen LogP contribution in [0.5, 0.6) is 0 Å². The summed E-state index contributed by atoms with van der Waals surface area (Å²) in [5.74, 6) is -0.172. The van der Waals surface area contributed by atoms with Crippen LogP contribution in [-0.2, 0) is 20.9 Å². The highest BCUT2D eigenvalue weighted by Gasteiger charge is 2.27. The molecule has 1 aromatic carbocycles. The Labute approximate surface area is 167 Å². The van der Waals surface area contributed by atoms with E-state index in [0.29, 0.717) is 6.54 Å². The van der Waals surface area contributed by atoms with Gasteiger partial charge in [0.05, 0.1) is 13.2 Å². The van der Waals surface area contributed by atoms with Gasteiger partial charge in [0, 0.05) is 25.7 Å². The second-order valence-electron chi connectivity index (χ2n) is 7.31. The highest BCUT2D eigenvalue weighted by Crippen LogP contribution is 2.10. The van der Waals surface area contributed by atoms with Gasteiger partial charge in [0.25, 0.3) is 0 Å². The molecule has 1 heterocycles. The number of benzene rings is 1. The summed E-state index contributed by atoms with van der Waals surface area (Å²) in [6.45, 7) is 9.94. The Kier molecular flexibility index (Phi) is 9.23. The summed E-state index contributed by atoms with van der Waals surface area (Å²) in [7, 11) is 0. The monoisotopic (exact) mass is 391 g/mol. The van der Waals surface area contributed by atoms with Crippen molar-refractivity contribution in [2.75, 3.05) is 32.8 Å². The van der Waals surface area contributed by atoms with Crippen LogP contribution < -0.4 is 10.6 Å². The molecule has 156 valence electrons. The molecule has 0 aromatic heterocycles. The fraction of sp³-hybridized carbons (Fsp3) is 0.619. The standard InChI is InChI=1S/C21H33N3O4/c1-4-16(2)19(23-21(26)28-15-18-8-6-5-7-9-18)20(25)22-14-17(3)24-10-12-27-13-11-24/h5-9,16-17,19H,4,10-15H2,1-3H3,(H,22,25)(H,23,26)/t16-,17?,19-/m0/s1. The lowest BCUT2D eigenvalue weighted by Gasteiger charge is -2.33. The molecule has 7 nitrogen and oxygen atoms in total. The van der Waals surface area contributed by atoms with Crippen molar-refractivity contribution in [3.05, 3.63) is 35.9 Å². The first kappa shape index (κ1) is 22.2. The number of carbonyl (C=O) groups is 2. The number of amides is 2. The summed E-state index contributed by atoms with van der Waals surface area (Å²) in [4.78, 5) is 27.2. The van der Waals surface area contributed by atoms with Gasteiger partial charge in [-0.2, -0.15) is 0 Å². The lowest BCUT2D eigenvalue weighted by molar-refractivity contribution is -0.124. The van der Waals surface area contributed by atoms with E-state index in [2.05, 4.69) is 22.5 Å². The lowest BCUT2D eigenvalue weighted by Crippen LogP contribution is -2.53. The number of hydrogen-bond acceptors (Lipinski definition) is 5. The third-order valence-electron chi connectivity index (χ3n) is 5.22. The molecular formula is C21H33N3O4. The Hall–Kier alpha value is -2.12. The number of nitrogens with one attached hydrogen (secondary N) is 2. The smallest absolute Gasteiger partial charge is 0.408 e. The van der Waals surface area contributed by atoms with Crippen molar-refractivity contribution in [2.24, 2.45) is 5.92 Å². The number of ether oxygens (including phenoxy) is 2. The number of carbonyl (C=O) groups excluding carboxylic acids is 2. The van der Waals surface area contributed by atoms with Crippen LogP contribution in [0, 0.1) is 5.92 Å². The Bertz CT molecular complexity index is 605. The zero-order valence-electron chi connectivity index (χ0n) is 17.1. The van der Waals surface area contributed by atoms with Gasteiger partial charge >= 0.3 is 6.09 Å². The molecule has 1 fully saturated rings. The molecule has 0 bridgehead atoms. The molecule has 3 atom stereocenters. The van der Waals surface area contributed by atoms with Gasteiger partial charge in [0.15, 0.2) is 0 Å². The van der Waals surface area contributed by atoms with Gasteiger partial charge in [-0.3, -0.25) is 9.69 Å². The van der Waals surface area contributed by atoms with Crippen LogP contribution in [0.25, 0.3) is 0 Å². The van der Waals surface area contributed by atoms with Crippen LogP contribution in [0.15, 0.2) is 30.3 Å². The molecule has 1 aromatic rings. The molecule has 1 aliphatic rings. The van der Waals surface area contributed by atoms with E-state index in [1.54, 1.807) is 0 Å². The zero-order valence-corrected chi connectivity index (χ0v) is 17.1. The molecular weight excluding hydrogens is 358 g/mol. The molecule has 0 aliphatic carbocycles. The van der Waals surface area contributed by atoms with Crippen molar-refractivity contribution in [1.29, 1.82) is 0 Å². The van der Waals surface area contributed by atoms with Crippen molar-refractivity contribution in [3.63, 3.8) is 0 Å². The first-order valence-electron chi connectivity index (χ1n) is 10.1. The van der Waals surface area contributed by atoms with E-state index in [-0.39, 0.29) is 24.5 Å². The summed E-state index contributed by atoms with van der Waals surface area (Å²) in [6.07, 6.45) is 0.196. The van der Waals surface area contributed by atoms with Crippen LogP contribution in [0.1, 0.15) is 32.8 Å². The quantitative estimate of drug-likeness (QED) is 0.674. The van der Waals surface area contributed by atoms with Crippen LogP contribution in [0.4, 0.5) is 4.79 Å². The summed E-state index contributed by atoms with van der Waals surface area (Å²) in [5, 5.41) is 5.72. The minimum absolute atomic E-state index is 0.00275. The van der Waals surface area contributed by atoms with E-state index >= 15 is 0 Å². The SMILES string of the molecule is CC[C@H](C)[C@H](NC(=O)OCc1ccccc1)C(=O)NCC(C)N1CCOCC1. The molecule has 2 amide bonds. The first-order valence-corrected chi connectivity index (χ1v) is 10.1. The van der Waals surface area contributed by atoms with Gasteiger partial charge in [-0.25, -0.2) is 4.79 Å². The topological polar surface area (TPSA) is 79.9 Å². The average molecular weight is 392 g/mol. The maximum atomic E-state index is 12.7. The van der Waals surface area contributed by atoms with Crippen LogP contribution in [-0.4, -0.2) is 61.8 Å². The van der Waals surface area contributed by atoms with Crippen molar-refractivity contribution in [2.45, 2.75) is 45.9 Å². The van der Waals surface area contributed by atoms with E-state index < -0.39 is 12.1 Å². The van der Waals surface area contributed by atoms with Crippen LogP contribution in [0.3, 0.4) is 0 Å². The van der Waals surface area contributed by atoms with Crippen molar-refractivity contribution >= 4 is 12.0 Å². The first-order chi connectivity index (χ1) is 13.5. The second kappa shape index (κ2) is 11.7. The molecule has 1 aliphatic heterocycles. The third kappa shape index (κ3) is 7.13. The Morgan fingerprint density at radius 2 is 1.86 bits per heavy atom. The summed E-state index contributed by atoms with van der Waals surface area (Å²) < 4.78 is 10.6. The minimum atomic E-state index is -0.620. The fourth-order valence-electron chi connectivity index (χ4n) is 3.10. The Morgan fingerprint density at radius 1 is 1.18 bits per heavy atom. The number of alkyl carbamates (subject to hydrolysis) is 1. The predicted molar refractivity (Wildman–Crippen MR) is 108 cm³/mol. The number of morpholine rings is 1. The predicted octanol–water partition coefficient (Wildman–Crippen LogP) is 2.16. The summed E-state index contributed by atoms with van der Waals surface area (Å²) in [6, 6.07) is 9.06. The summed E-state index contributed by atoms with van der Waals surface area (Å²) >= 11 is 0. The van der Waals surface area contributed by atoms with Gasteiger partial charge in [-0.1, -0.05) is 50.6 Å².